The first-order valence-corrected chi connectivity index (χ1v) is 12.7. The van der Waals surface area contributed by atoms with Crippen LogP contribution in [0.2, 0.25) is 0 Å². The lowest BCUT2D eigenvalue weighted by Gasteiger charge is -2.29. The summed E-state index contributed by atoms with van der Waals surface area (Å²) in [7, 11) is 0. The number of rotatable bonds is 4. The maximum absolute atomic E-state index is 13.3. The minimum Gasteiger partial charge on any atom is -0.356 e. The molecule has 33 heavy (non-hydrogen) atoms. The number of fused-ring (bicyclic) bond motifs is 1. The maximum Gasteiger partial charge on any atom is 0.266 e. The first kappa shape index (κ1) is 22.1. The van der Waals surface area contributed by atoms with E-state index in [1.54, 1.807) is 4.90 Å². The van der Waals surface area contributed by atoms with Gasteiger partial charge in [0.2, 0.25) is 0 Å². The van der Waals surface area contributed by atoms with Crippen LogP contribution in [0.4, 0.5) is 5.82 Å². The zero-order chi connectivity index (χ0) is 22.9. The van der Waals surface area contributed by atoms with Gasteiger partial charge in [0.15, 0.2) is 0 Å². The van der Waals surface area contributed by atoms with Gasteiger partial charge in [0, 0.05) is 24.0 Å². The van der Waals surface area contributed by atoms with Crippen molar-refractivity contribution >= 4 is 57.0 Å². The predicted molar refractivity (Wildman–Crippen MR) is 142 cm³/mol. The van der Waals surface area contributed by atoms with E-state index in [0.29, 0.717) is 15.8 Å². The van der Waals surface area contributed by atoms with Crippen molar-refractivity contribution in [2.24, 2.45) is 0 Å². The molecule has 3 aromatic rings. The average molecular weight is 474 g/mol. The number of amides is 1. The maximum atomic E-state index is 13.3. The average Bonchev–Trinajstić information content (AvgIpc) is 3.08. The Bertz CT molecular complexity index is 1260. The fourth-order valence-electron chi connectivity index (χ4n) is 4.42. The molecule has 0 unspecified atom stereocenters. The Kier molecular flexibility index (Phi) is 6.21. The van der Waals surface area contributed by atoms with Gasteiger partial charge in [-0.1, -0.05) is 65.4 Å². The summed E-state index contributed by atoms with van der Waals surface area (Å²) < 4.78 is 0.607. The van der Waals surface area contributed by atoms with Crippen LogP contribution in [0.15, 0.2) is 53.4 Å². The summed E-state index contributed by atoms with van der Waals surface area (Å²) in [5.74, 6) is 0.939. The van der Waals surface area contributed by atoms with Gasteiger partial charge in [0.25, 0.3) is 5.91 Å². The van der Waals surface area contributed by atoms with Crippen molar-refractivity contribution in [3.63, 3.8) is 0 Å². The van der Waals surface area contributed by atoms with Crippen molar-refractivity contribution in [1.29, 1.82) is 0 Å². The quantitative estimate of drug-likeness (QED) is 0.331. The van der Waals surface area contributed by atoms with E-state index in [0.717, 1.165) is 40.9 Å². The number of piperidine rings is 1. The Labute approximate surface area is 204 Å². The molecule has 0 saturated carbocycles. The van der Waals surface area contributed by atoms with Crippen LogP contribution in [0, 0.1) is 13.8 Å². The first-order valence-electron chi connectivity index (χ1n) is 11.5. The topological polar surface area (TPSA) is 36.4 Å². The van der Waals surface area contributed by atoms with E-state index >= 15 is 0 Å². The number of aromatic nitrogens is 1. The number of thioether (sulfide) groups is 1. The molecule has 6 heteroatoms. The number of benzene rings is 2. The lowest BCUT2D eigenvalue weighted by atomic mass is 10.1. The fourth-order valence-corrected chi connectivity index (χ4v) is 5.67. The molecule has 4 nitrogen and oxygen atoms in total. The lowest BCUT2D eigenvalue weighted by Crippen LogP contribution is -2.30. The highest BCUT2D eigenvalue weighted by Gasteiger charge is 2.32. The molecule has 0 atom stereocenters. The van der Waals surface area contributed by atoms with Crippen LogP contribution in [-0.4, -0.2) is 33.2 Å². The normalized spacial score (nSPS) is 18.1. The first-order chi connectivity index (χ1) is 16.0. The Morgan fingerprint density at radius 2 is 1.73 bits per heavy atom. The second kappa shape index (κ2) is 9.27. The van der Waals surface area contributed by atoms with Crippen LogP contribution >= 0.6 is 24.0 Å². The van der Waals surface area contributed by atoms with Gasteiger partial charge in [-0.15, -0.1) is 0 Å². The SMILES string of the molecule is Cc1ccc(CN2C(=O)/C(=C/c3cc4cc(C)ccc4nc3N3CCCCC3)SC2=S)cc1. The van der Waals surface area contributed by atoms with E-state index < -0.39 is 0 Å². The predicted octanol–water partition coefficient (Wildman–Crippen LogP) is 6.24. The van der Waals surface area contributed by atoms with Gasteiger partial charge in [-0.25, -0.2) is 4.98 Å². The molecule has 0 N–H and O–H groups in total. The molecule has 2 saturated heterocycles. The largest absolute Gasteiger partial charge is 0.356 e. The second-order valence-electron chi connectivity index (χ2n) is 8.90. The summed E-state index contributed by atoms with van der Waals surface area (Å²) in [6.45, 7) is 6.65. The van der Waals surface area contributed by atoms with E-state index in [1.807, 2.05) is 6.08 Å². The van der Waals surface area contributed by atoms with Crippen LogP contribution in [0.1, 0.15) is 41.5 Å². The zero-order valence-electron chi connectivity index (χ0n) is 19.0. The number of anilines is 1. The van der Waals surface area contributed by atoms with Crippen molar-refractivity contribution in [2.75, 3.05) is 18.0 Å². The van der Waals surface area contributed by atoms with E-state index in [-0.39, 0.29) is 5.91 Å². The summed E-state index contributed by atoms with van der Waals surface area (Å²) in [5.41, 5.74) is 5.46. The van der Waals surface area contributed by atoms with Crippen LogP contribution in [0.25, 0.3) is 17.0 Å². The molecule has 1 amide bonds. The summed E-state index contributed by atoms with van der Waals surface area (Å²) in [4.78, 5) is 23.1. The number of hydrogen-bond acceptors (Lipinski definition) is 5. The minimum absolute atomic E-state index is 0.0282. The molecule has 3 heterocycles. The Morgan fingerprint density at radius 1 is 1.00 bits per heavy atom. The molecule has 0 aliphatic carbocycles. The summed E-state index contributed by atoms with van der Waals surface area (Å²) in [5, 5.41) is 1.09. The van der Waals surface area contributed by atoms with Gasteiger partial charge in [0.1, 0.15) is 10.1 Å². The second-order valence-corrected chi connectivity index (χ2v) is 10.6. The standard InChI is InChI=1S/C27H27N3OS2/c1-18-6-9-20(10-7-18)17-30-26(31)24(33-27(30)32)16-22-15-21-14-19(2)8-11-23(21)28-25(22)29-12-4-3-5-13-29/h6-11,14-16H,3-5,12-13,17H2,1-2H3/b24-16-. The monoisotopic (exact) mass is 473 g/mol. The van der Waals surface area contributed by atoms with Crippen molar-refractivity contribution in [1.82, 2.24) is 9.88 Å². The van der Waals surface area contributed by atoms with Crippen molar-refractivity contribution in [3.8, 4) is 0 Å². The van der Waals surface area contributed by atoms with Crippen LogP contribution in [0.5, 0.6) is 0 Å². The molecular weight excluding hydrogens is 446 g/mol. The molecule has 0 spiro atoms. The highest BCUT2D eigenvalue weighted by atomic mass is 32.2. The van der Waals surface area contributed by atoms with Crippen LogP contribution in [0.3, 0.4) is 0 Å². The summed E-state index contributed by atoms with van der Waals surface area (Å²) in [6.07, 6.45) is 5.60. The molecule has 2 aliphatic heterocycles. The number of carbonyl (C=O) groups is 1. The number of aryl methyl sites for hydroxylation is 2. The molecule has 1 aromatic heterocycles. The van der Waals surface area contributed by atoms with Gasteiger partial charge in [-0.3, -0.25) is 9.69 Å². The fraction of sp³-hybridized carbons (Fsp3) is 0.296. The van der Waals surface area contributed by atoms with E-state index in [1.165, 1.54) is 42.2 Å². The van der Waals surface area contributed by atoms with Crippen molar-refractivity contribution in [3.05, 3.63) is 75.7 Å². The highest BCUT2D eigenvalue weighted by Crippen LogP contribution is 2.36. The zero-order valence-corrected chi connectivity index (χ0v) is 20.6. The third kappa shape index (κ3) is 4.68. The minimum atomic E-state index is -0.0282. The van der Waals surface area contributed by atoms with Crippen LogP contribution in [-0.2, 0) is 11.3 Å². The van der Waals surface area contributed by atoms with Gasteiger partial charge in [-0.05, 0) is 62.9 Å². The van der Waals surface area contributed by atoms with Gasteiger partial charge < -0.3 is 4.90 Å². The molecule has 2 fully saturated rings. The Morgan fingerprint density at radius 3 is 2.48 bits per heavy atom. The molecule has 2 aromatic carbocycles. The van der Waals surface area contributed by atoms with E-state index in [2.05, 4.69) is 67.3 Å². The Balaban J connectivity index is 1.51. The Hall–Kier alpha value is -2.70. The third-order valence-electron chi connectivity index (χ3n) is 6.26. The third-order valence-corrected chi connectivity index (χ3v) is 7.63. The number of hydrogen-bond donors (Lipinski definition) is 0. The summed E-state index contributed by atoms with van der Waals surface area (Å²) >= 11 is 6.97. The van der Waals surface area contributed by atoms with Gasteiger partial charge in [-0.2, -0.15) is 0 Å². The molecule has 0 bridgehead atoms. The van der Waals surface area contributed by atoms with Gasteiger partial charge >= 0.3 is 0 Å². The number of thiocarbonyl (C=S) groups is 1. The lowest BCUT2D eigenvalue weighted by molar-refractivity contribution is -0.122. The summed E-state index contributed by atoms with van der Waals surface area (Å²) in [6, 6.07) is 16.8. The number of pyridine rings is 1. The molecule has 5 rings (SSSR count). The smallest absolute Gasteiger partial charge is 0.266 e. The number of nitrogens with zero attached hydrogens (tertiary/aromatic N) is 3. The van der Waals surface area contributed by atoms with Crippen molar-refractivity contribution < 1.29 is 4.79 Å². The molecule has 0 radical (unpaired) electrons. The van der Waals surface area contributed by atoms with Crippen LogP contribution < -0.4 is 4.90 Å². The molecular formula is C27H27N3OS2. The van der Waals surface area contributed by atoms with Crippen molar-refractivity contribution in [2.45, 2.75) is 39.7 Å². The van der Waals surface area contributed by atoms with E-state index in [9.17, 15) is 4.79 Å². The number of carbonyl (C=O) groups excluding carboxylic acids is 1. The van der Waals surface area contributed by atoms with E-state index in [4.69, 9.17) is 17.2 Å². The highest BCUT2D eigenvalue weighted by molar-refractivity contribution is 8.26. The van der Waals surface area contributed by atoms with Gasteiger partial charge in [0.05, 0.1) is 17.0 Å². The molecule has 168 valence electrons. The molecule has 2 aliphatic rings.